The third-order valence-corrected chi connectivity index (χ3v) is 7.80. The van der Waals surface area contributed by atoms with Crippen LogP contribution >= 0.6 is 42.1 Å². The summed E-state index contributed by atoms with van der Waals surface area (Å²) in [4.78, 5) is 0. The van der Waals surface area contributed by atoms with Gasteiger partial charge in [-0.25, -0.2) is 0 Å². The summed E-state index contributed by atoms with van der Waals surface area (Å²) in [5.41, 5.74) is 2.69. The van der Waals surface area contributed by atoms with Crippen LogP contribution in [-0.2, 0) is 0 Å². The first-order chi connectivity index (χ1) is 10.4. The summed E-state index contributed by atoms with van der Waals surface area (Å²) >= 11 is 7.29. The van der Waals surface area contributed by atoms with E-state index < -0.39 is 10.2 Å². The molecule has 0 unspecified atom stereocenters. The van der Waals surface area contributed by atoms with Gasteiger partial charge in [0.05, 0.1) is 11.0 Å². The Bertz CT molecular complexity index is 777. The highest BCUT2D eigenvalue weighted by Gasteiger charge is 2.21. The molecule has 0 fully saturated rings. The van der Waals surface area contributed by atoms with Crippen LogP contribution in [0.3, 0.4) is 0 Å². The summed E-state index contributed by atoms with van der Waals surface area (Å²) in [7, 11) is -0.891. The van der Waals surface area contributed by atoms with E-state index in [-0.39, 0.29) is 0 Å². The van der Waals surface area contributed by atoms with Gasteiger partial charge < -0.3 is 3.97 Å². The maximum atomic E-state index is 3.64. The topological polar surface area (TPSA) is 4.93 Å². The summed E-state index contributed by atoms with van der Waals surface area (Å²) in [5.74, 6) is 1.27. The summed E-state index contributed by atoms with van der Waals surface area (Å²) in [5, 5.41) is 2.70. The van der Waals surface area contributed by atoms with Gasteiger partial charge in [0.2, 0.25) is 0 Å². The highest BCUT2D eigenvalue weighted by Crippen LogP contribution is 2.49. The van der Waals surface area contributed by atoms with Gasteiger partial charge in [-0.15, -0.1) is 0 Å². The molecule has 0 aliphatic carbocycles. The van der Waals surface area contributed by atoms with Gasteiger partial charge >= 0.3 is 0 Å². The molecule has 0 atom stereocenters. The van der Waals surface area contributed by atoms with Crippen LogP contribution in [0.5, 0.6) is 0 Å². The Morgan fingerprint density at radius 3 is 1.86 bits per heavy atom. The zero-order valence-corrected chi connectivity index (χ0v) is 17.2. The smallest absolute Gasteiger partial charge is 0.0598 e. The molecular formula is C18H21Br2NS. The molecule has 0 N–H and O–H groups in total. The average Bonchev–Trinajstić information content (AvgIpc) is 2.78. The molecule has 2 aromatic carbocycles. The summed E-state index contributed by atoms with van der Waals surface area (Å²) < 4.78 is 4.89. The van der Waals surface area contributed by atoms with Crippen molar-refractivity contribution in [3.05, 3.63) is 45.3 Å². The fourth-order valence-electron chi connectivity index (χ4n) is 3.05. The van der Waals surface area contributed by atoms with Gasteiger partial charge in [0.25, 0.3) is 0 Å². The number of rotatable bonds is 4. The van der Waals surface area contributed by atoms with Crippen LogP contribution in [-0.4, -0.2) is 22.2 Å². The van der Waals surface area contributed by atoms with E-state index >= 15 is 0 Å². The van der Waals surface area contributed by atoms with Crippen LogP contribution in [0.4, 0.5) is 0 Å². The first kappa shape index (κ1) is 16.4. The summed E-state index contributed by atoms with van der Waals surface area (Å²) in [6.07, 6.45) is 7.40. The molecule has 1 nitrogen and oxygen atoms in total. The van der Waals surface area contributed by atoms with Gasteiger partial charge in [0, 0.05) is 19.7 Å². The van der Waals surface area contributed by atoms with Gasteiger partial charge in [0.15, 0.2) is 0 Å². The molecule has 0 amide bonds. The summed E-state index contributed by atoms with van der Waals surface area (Å²) in [6, 6.07) is 13.3. The molecule has 0 spiro atoms. The molecule has 3 rings (SSSR count). The number of unbranched alkanes of at least 4 members (excludes halogenated alkanes) is 1. The highest BCUT2D eigenvalue weighted by molar-refractivity contribution is 9.10. The quantitative estimate of drug-likeness (QED) is 0.412. The van der Waals surface area contributed by atoms with E-state index in [1.807, 2.05) is 0 Å². The first-order valence-electron chi connectivity index (χ1n) is 7.55. The lowest BCUT2D eigenvalue weighted by Crippen LogP contribution is -2.11. The molecule has 1 heterocycles. The van der Waals surface area contributed by atoms with Crippen LogP contribution in [0.25, 0.3) is 21.8 Å². The van der Waals surface area contributed by atoms with Crippen molar-refractivity contribution in [2.45, 2.75) is 19.8 Å². The number of benzene rings is 2. The molecule has 4 heteroatoms. The second kappa shape index (κ2) is 6.21. The van der Waals surface area contributed by atoms with E-state index in [0.717, 1.165) is 8.95 Å². The first-order valence-corrected chi connectivity index (χ1v) is 11.7. The fraction of sp³-hybridized carbons (Fsp3) is 0.333. The number of halogens is 2. The second-order valence-electron chi connectivity index (χ2n) is 6.15. The average molecular weight is 443 g/mol. The SMILES string of the molecule is CCCCS(C)(C)n1c2cc(Br)ccc2c2ccc(Br)cc21. The van der Waals surface area contributed by atoms with Gasteiger partial charge in [-0.3, -0.25) is 0 Å². The minimum absolute atomic E-state index is 0.891. The normalized spacial score (nSPS) is 13.1. The van der Waals surface area contributed by atoms with Crippen molar-refractivity contribution >= 4 is 63.9 Å². The van der Waals surface area contributed by atoms with Crippen molar-refractivity contribution in [2.75, 3.05) is 18.3 Å². The number of aromatic nitrogens is 1. The molecular weight excluding hydrogens is 422 g/mol. The molecule has 118 valence electrons. The van der Waals surface area contributed by atoms with Crippen LogP contribution in [0.15, 0.2) is 45.3 Å². The monoisotopic (exact) mass is 441 g/mol. The second-order valence-corrected chi connectivity index (χ2v) is 11.7. The van der Waals surface area contributed by atoms with Crippen molar-refractivity contribution in [3.63, 3.8) is 0 Å². The molecule has 0 saturated heterocycles. The van der Waals surface area contributed by atoms with E-state index in [4.69, 9.17) is 0 Å². The van der Waals surface area contributed by atoms with E-state index in [9.17, 15) is 0 Å². The Morgan fingerprint density at radius 1 is 0.909 bits per heavy atom. The molecule has 0 bridgehead atoms. The Balaban J connectivity index is 2.37. The predicted octanol–water partition coefficient (Wildman–Crippen LogP) is 6.95. The zero-order valence-electron chi connectivity index (χ0n) is 13.2. The Kier molecular flexibility index (Phi) is 4.64. The van der Waals surface area contributed by atoms with Gasteiger partial charge in [-0.05, 0) is 49.0 Å². The maximum Gasteiger partial charge on any atom is 0.0598 e. The van der Waals surface area contributed by atoms with Crippen LogP contribution < -0.4 is 0 Å². The predicted molar refractivity (Wildman–Crippen MR) is 109 cm³/mol. The van der Waals surface area contributed by atoms with Gasteiger partial charge in [-0.1, -0.05) is 57.3 Å². The lowest BCUT2D eigenvalue weighted by Gasteiger charge is -2.35. The number of nitrogens with zero attached hydrogens (tertiary/aromatic N) is 1. The standard InChI is InChI=1S/C18H21Br2NS/c1-4-5-10-22(2,3)21-17-11-13(19)6-8-15(17)16-9-7-14(20)12-18(16)21/h6-9,11-12H,4-5,10H2,1-3H3. The van der Waals surface area contributed by atoms with Crippen molar-refractivity contribution in [1.82, 2.24) is 3.97 Å². The number of fused-ring (bicyclic) bond motifs is 3. The summed E-state index contributed by atoms with van der Waals surface area (Å²) in [6.45, 7) is 2.27. The molecule has 1 aromatic heterocycles. The van der Waals surface area contributed by atoms with Gasteiger partial charge in [0.1, 0.15) is 0 Å². The van der Waals surface area contributed by atoms with Crippen molar-refractivity contribution in [2.24, 2.45) is 0 Å². The number of hydrogen-bond acceptors (Lipinski definition) is 0. The Labute approximate surface area is 150 Å². The minimum atomic E-state index is -0.891. The molecule has 0 aliphatic rings. The lowest BCUT2D eigenvalue weighted by atomic mass is 10.2. The maximum absolute atomic E-state index is 3.64. The Hall–Kier alpha value is -0.450. The largest absolute Gasteiger partial charge is 0.302 e. The van der Waals surface area contributed by atoms with Crippen molar-refractivity contribution < 1.29 is 0 Å². The van der Waals surface area contributed by atoms with E-state index in [1.165, 1.54) is 40.4 Å². The lowest BCUT2D eigenvalue weighted by molar-refractivity contribution is 0.889. The zero-order chi connectivity index (χ0) is 15.9. The minimum Gasteiger partial charge on any atom is -0.302 e. The van der Waals surface area contributed by atoms with Crippen LogP contribution in [0, 0.1) is 0 Å². The van der Waals surface area contributed by atoms with Crippen LogP contribution in [0.1, 0.15) is 19.8 Å². The number of hydrogen-bond donors (Lipinski definition) is 0. The van der Waals surface area contributed by atoms with E-state index in [1.54, 1.807) is 0 Å². The van der Waals surface area contributed by atoms with E-state index in [2.05, 4.69) is 91.7 Å². The molecule has 0 radical (unpaired) electrons. The van der Waals surface area contributed by atoms with Crippen molar-refractivity contribution in [1.29, 1.82) is 0 Å². The molecule has 0 aliphatic heterocycles. The van der Waals surface area contributed by atoms with Gasteiger partial charge in [-0.2, -0.15) is 10.2 Å². The Morgan fingerprint density at radius 2 is 1.41 bits per heavy atom. The molecule has 22 heavy (non-hydrogen) atoms. The highest BCUT2D eigenvalue weighted by atomic mass is 79.9. The van der Waals surface area contributed by atoms with Crippen molar-refractivity contribution in [3.8, 4) is 0 Å². The van der Waals surface area contributed by atoms with E-state index in [0.29, 0.717) is 0 Å². The molecule has 3 aromatic rings. The molecule has 0 saturated carbocycles. The fourth-order valence-corrected chi connectivity index (χ4v) is 6.30. The third-order valence-electron chi connectivity index (χ3n) is 4.14. The van der Waals surface area contributed by atoms with Crippen LogP contribution in [0.2, 0.25) is 0 Å². The third kappa shape index (κ3) is 2.85.